The number of carbonyl (C=O) groups excluding carboxylic acids is 1. The SMILES string of the molecule is Cc1ccc2c(C(C)N(C(=O)C3CNCCO3)C3CC3)nn(CCCNC(=O)O)c2n1. The molecule has 2 aliphatic rings. The fourth-order valence-corrected chi connectivity index (χ4v) is 4.12. The maximum atomic E-state index is 13.3. The molecule has 0 bridgehead atoms. The fraction of sp³-hybridized carbons (Fsp3) is 0.619. The van der Waals surface area contributed by atoms with E-state index in [1.807, 2.05) is 35.6 Å². The van der Waals surface area contributed by atoms with Crippen molar-refractivity contribution in [1.82, 2.24) is 30.3 Å². The number of rotatable bonds is 8. The minimum Gasteiger partial charge on any atom is -0.465 e. The summed E-state index contributed by atoms with van der Waals surface area (Å²) in [7, 11) is 0. The first-order valence-corrected chi connectivity index (χ1v) is 10.9. The second-order valence-corrected chi connectivity index (χ2v) is 8.23. The zero-order chi connectivity index (χ0) is 22.0. The minimum absolute atomic E-state index is 0.00984. The van der Waals surface area contributed by atoms with E-state index in [1.54, 1.807) is 0 Å². The van der Waals surface area contributed by atoms with Crippen LogP contribution in [0.25, 0.3) is 11.0 Å². The van der Waals surface area contributed by atoms with Gasteiger partial charge in [-0.2, -0.15) is 5.10 Å². The van der Waals surface area contributed by atoms with E-state index in [2.05, 4.69) is 15.6 Å². The van der Waals surface area contributed by atoms with Gasteiger partial charge in [0.05, 0.1) is 18.3 Å². The average Bonchev–Trinajstić information content (AvgIpc) is 3.53. The first-order valence-electron chi connectivity index (χ1n) is 10.9. The van der Waals surface area contributed by atoms with Crippen molar-refractivity contribution in [3.05, 3.63) is 23.5 Å². The summed E-state index contributed by atoms with van der Waals surface area (Å²) >= 11 is 0. The van der Waals surface area contributed by atoms with Crippen LogP contribution >= 0.6 is 0 Å². The summed E-state index contributed by atoms with van der Waals surface area (Å²) in [5.41, 5.74) is 2.46. The molecule has 2 unspecified atom stereocenters. The Morgan fingerprint density at radius 1 is 1.42 bits per heavy atom. The molecular formula is C21H30N6O4. The van der Waals surface area contributed by atoms with Gasteiger partial charge in [0.2, 0.25) is 0 Å². The molecule has 3 N–H and O–H groups in total. The second-order valence-electron chi connectivity index (χ2n) is 8.23. The standard InChI is InChI=1S/C21H30N6O4/c1-13-4-7-16-18(25-26(19(16)24-13)10-3-8-23-21(29)30)14(2)27(15-5-6-15)20(28)17-12-22-9-11-31-17/h4,7,14-15,17,22-23H,3,5-6,8-12H2,1-2H3,(H,29,30). The van der Waals surface area contributed by atoms with Gasteiger partial charge in [-0.25, -0.2) is 14.5 Å². The van der Waals surface area contributed by atoms with Crippen LogP contribution in [0.3, 0.4) is 0 Å². The quantitative estimate of drug-likeness (QED) is 0.542. The van der Waals surface area contributed by atoms with Crippen LogP contribution in [-0.2, 0) is 16.1 Å². The van der Waals surface area contributed by atoms with Crippen LogP contribution in [-0.4, -0.2) is 75.2 Å². The van der Waals surface area contributed by atoms with Crippen LogP contribution in [0.4, 0.5) is 4.79 Å². The molecular weight excluding hydrogens is 400 g/mol. The summed E-state index contributed by atoms with van der Waals surface area (Å²) in [6.07, 6.45) is 1.08. The number of morpholine rings is 1. The zero-order valence-electron chi connectivity index (χ0n) is 18.0. The number of nitrogens with one attached hydrogen (secondary N) is 2. The molecule has 2 amide bonds. The van der Waals surface area contributed by atoms with Crippen LogP contribution in [0.5, 0.6) is 0 Å². The van der Waals surface area contributed by atoms with Crippen molar-refractivity contribution in [1.29, 1.82) is 0 Å². The van der Waals surface area contributed by atoms with E-state index >= 15 is 0 Å². The average molecular weight is 431 g/mol. The van der Waals surface area contributed by atoms with Crippen molar-refractivity contribution in [2.24, 2.45) is 0 Å². The maximum absolute atomic E-state index is 13.3. The Kier molecular flexibility index (Phi) is 6.38. The summed E-state index contributed by atoms with van der Waals surface area (Å²) in [6, 6.07) is 3.97. The number of hydrogen-bond acceptors (Lipinski definition) is 6. The second kappa shape index (κ2) is 9.19. The Bertz CT molecular complexity index is 951. The molecule has 4 rings (SSSR count). The van der Waals surface area contributed by atoms with E-state index in [1.165, 1.54) is 0 Å². The maximum Gasteiger partial charge on any atom is 0.404 e. The lowest BCUT2D eigenvalue weighted by molar-refractivity contribution is -0.148. The Balaban J connectivity index is 1.60. The number of aromatic nitrogens is 3. The lowest BCUT2D eigenvalue weighted by Crippen LogP contribution is -2.50. The number of fused-ring (bicyclic) bond motifs is 1. The monoisotopic (exact) mass is 430 g/mol. The van der Waals surface area contributed by atoms with E-state index in [9.17, 15) is 9.59 Å². The summed E-state index contributed by atoms with van der Waals surface area (Å²) in [6.45, 7) is 6.65. The summed E-state index contributed by atoms with van der Waals surface area (Å²) in [4.78, 5) is 30.6. The normalized spacial score (nSPS) is 19.9. The number of hydrogen-bond donors (Lipinski definition) is 3. The molecule has 1 aliphatic heterocycles. The fourth-order valence-electron chi connectivity index (χ4n) is 4.12. The molecule has 0 aromatic carbocycles. The van der Waals surface area contributed by atoms with Crippen molar-refractivity contribution in [2.75, 3.05) is 26.2 Å². The van der Waals surface area contributed by atoms with Gasteiger partial charge in [-0.1, -0.05) is 0 Å². The van der Waals surface area contributed by atoms with Crippen molar-refractivity contribution in [2.45, 2.75) is 57.8 Å². The van der Waals surface area contributed by atoms with E-state index in [0.717, 1.165) is 41.8 Å². The van der Waals surface area contributed by atoms with Gasteiger partial charge in [0.15, 0.2) is 5.65 Å². The zero-order valence-corrected chi connectivity index (χ0v) is 18.0. The number of carboxylic acid groups (broad SMARTS) is 1. The Labute approximate surface area is 180 Å². The van der Waals surface area contributed by atoms with Crippen molar-refractivity contribution in [3.8, 4) is 0 Å². The third-order valence-electron chi connectivity index (χ3n) is 5.80. The van der Waals surface area contributed by atoms with E-state index < -0.39 is 12.2 Å². The predicted octanol–water partition coefficient (Wildman–Crippen LogP) is 1.44. The lowest BCUT2D eigenvalue weighted by Gasteiger charge is -2.33. The van der Waals surface area contributed by atoms with Crippen LogP contribution in [0.2, 0.25) is 0 Å². The highest BCUT2D eigenvalue weighted by molar-refractivity contribution is 5.84. The van der Waals surface area contributed by atoms with Crippen LogP contribution in [0.1, 0.15) is 43.6 Å². The summed E-state index contributed by atoms with van der Waals surface area (Å²) in [5, 5.41) is 20.1. The van der Waals surface area contributed by atoms with Crippen LogP contribution < -0.4 is 10.6 Å². The molecule has 31 heavy (non-hydrogen) atoms. The topological polar surface area (TPSA) is 122 Å². The highest BCUT2D eigenvalue weighted by atomic mass is 16.5. The number of ether oxygens (including phenoxy) is 1. The van der Waals surface area contributed by atoms with Gasteiger partial charge in [0.25, 0.3) is 5.91 Å². The molecule has 2 fully saturated rings. The third kappa shape index (κ3) is 4.80. The number of nitrogens with zero attached hydrogens (tertiary/aromatic N) is 4. The van der Waals surface area contributed by atoms with Gasteiger partial charge < -0.3 is 25.4 Å². The molecule has 2 atom stereocenters. The van der Waals surface area contributed by atoms with Crippen molar-refractivity contribution < 1.29 is 19.4 Å². The molecule has 1 saturated carbocycles. The van der Waals surface area contributed by atoms with E-state index in [0.29, 0.717) is 32.7 Å². The van der Waals surface area contributed by atoms with Crippen molar-refractivity contribution in [3.63, 3.8) is 0 Å². The van der Waals surface area contributed by atoms with Gasteiger partial charge in [0, 0.05) is 43.3 Å². The molecule has 10 nitrogen and oxygen atoms in total. The highest BCUT2D eigenvalue weighted by Crippen LogP contribution is 2.37. The minimum atomic E-state index is -1.04. The van der Waals surface area contributed by atoms with Gasteiger partial charge in [-0.3, -0.25) is 4.79 Å². The van der Waals surface area contributed by atoms with Crippen molar-refractivity contribution >= 4 is 23.0 Å². The van der Waals surface area contributed by atoms with Crippen LogP contribution in [0, 0.1) is 6.92 Å². The molecule has 0 radical (unpaired) electrons. The molecule has 1 saturated heterocycles. The van der Waals surface area contributed by atoms with E-state index in [-0.39, 0.29) is 18.0 Å². The molecule has 0 spiro atoms. The first-order chi connectivity index (χ1) is 15.0. The highest BCUT2D eigenvalue weighted by Gasteiger charge is 2.41. The smallest absolute Gasteiger partial charge is 0.404 e. The molecule has 2 aromatic rings. The molecule has 3 heterocycles. The number of pyridine rings is 1. The predicted molar refractivity (Wildman–Crippen MR) is 114 cm³/mol. The molecule has 2 aromatic heterocycles. The largest absolute Gasteiger partial charge is 0.465 e. The molecule has 168 valence electrons. The Morgan fingerprint density at radius 3 is 2.90 bits per heavy atom. The number of carbonyl (C=O) groups is 2. The first kappa shape index (κ1) is 21.5. The summed E-state index contributed by atoms with van der Waals surface area (Å²) in [5.74, 6) is 0.00984. The summed E-state index contributed by atoms with van der Waals surface area (Å²) < 4.78 is 7.56. The molecule has 1 aliphatic carbocycles. The third-order valence-corrected chi connectivity index (χ3v) is 5.80. The molecule has 10 heteroatoms. The van der Waals surface area contributed by atoms with Gasteiger partial charge in [-0.15, -0.1) is 0 Å². The lowest BCUT2D eigenvalue weighted by atomic mass is 10.1. The van der Waals surface area contributed by atoms with Crippen LogP contribution in [0.15, 0.2) is 12.1 Å². The Hall–Kier alpha value is -2.72. The van der Waals surface area contributed by atoms with Gasteiger partial charge in [0.1, 0.15) is 6.10 Å². The number of aryl methyl sites for hydroxylation is 2. The van der Waals surface area contributed by atoms with Gasteiger partial charge >= 0.3 is 6.09 Å². The number of amides is 2. The Morgan fingerprint density at radius 2 is 2.23 bits per heavy atom. The van der Waals surface area contributed by atoms with E-state index in [4.69, 9.17) is 14.9 Å². The van der Waals surface area contributed by atoms with Gasteiger partial charge in [-0.05, 0) is 45.2 Å².